The molecule has 2 aliphatic rings. The average Bonchev–Trinajstić information content (AvgIpc) is 3.44. The van der Waals surface area contributed by atoms with Crippen molar-refractivity contribution in [3.63, 3.8) is 0 Å². The zero-order chi connectivity index (χ0) is 27.9. The van der Waals surface area contributed by atoms with E-state index in [-0.39, 0.29) is 46.7 Å². The van der Waals surface area contributed by atoms with Gasteiger partial charge in [0, 0.05) is 41.7 Å². The normalized spacial score (nSPS) is 24.2. The van der Waals surface area contributed by atoms with Crippen LogP contribution in [-0.4, -0.2) is 41.9 Å². The second-order valence-electron chi connectivity index (χ2n) is 9.97. The maximum absolute atomic E-state index is 13.8. The van der Waals surface area contributed by atoms with Gasteiger partial charge in [-0.2, -0.15) is 0 Å². The van der Waals surface area contributed by atoms with Crippen LogP contribution in [0.25, 0.3) is 0 Å². The molecule has 39 heavy (non-hydrogen) atoms. The molecule has 2 N–H and O–H groups in total. The van der Waals surface area contributed by atoms with Gasteiger partial charge >= 0.3 is 0 Å². The number of fused-ring (bicyclic) bond motifs is 2. The molecule has 1 heterocycles. The molecule has 12 heteroatoms. The number of benzene rings is 2. The molecule has 206 valence electrons. The van der Waals surface area contributed by atoms with E-state index >= 15 is 0 Å². The Bertz CT molecular complexity index is 1500. The van der Waals surface area contributed by atoms with Gasteiger partial charge in [-0.05, 0) is 55.0 Å². The summed E-state index contributed by atoms with van der Waals surface area (Å²) in [6.45, 7) is 0.172. The van der Waals surface area contributed by atoms with Crippen molar-refractivity contribution in [2.24, 2.45) is 11.8 Å². The van der Waals surface area contributed by atoms with Crippen LogP contribution in [0.2, 0.25) is 5.02 Å². The van der Waals surface area contributed by atoms with E-state index in [1.54, 1.807) is 18.5 Å². The molecule has 2 unspecified atom stereocenters. The van der Waals surface area contributed by atoms with Crippen LogP contribution in [0, 0.1) is 29.3 Å². The number of nitrogens with one attached hydrogen (secondary N) is 1. The highest BCUT2D eigenvalue weighted by atomic mass is 35.5. The Hall–Kier alpha value is -2.99. The Labute approximate surface area is 227 Å². The summed E-state index contributed by atoms with van der Waals surface area (Å²) >= 11 is 6.28. The number of carbonyl (C=O) groups is 1. The van der Waals surface area contributed by atoms with Gasteiger partial charge in [-0.25, -0.2) is 21.6 Å². The predicted molar refractivity (Wildman–Crippen MR) is 136 cm³/mol. The Balaban J connectivity index is 1.35. The van der Waals surface area contributed by atoms with Crippen molar-refractivity contribution in [2.45, 2.75) is 41.6 Å². The van der Waals surface area contributed by atoms with E-state index in [0.717, 1.165) is 11.6 Å². The van der Waals surface area contributed by atoms with Gasteiger partial charge in [-0.15, -0.1) is 0 Å². The first-order chi connectivity index (χ1) is 18.5. The Morgan fingerprint density at radius 1 is 1.15 bits per heavy atom. The largest absolute Gasteiger partial charge is 0.387 e. The summed E-state index contributed by atoms with van der Waals surface area (Å²) in [5.74, 6) is -6.45. The molecule has 0 radical (unpaired) electrons. The third-order valence-electron chi connectivity index (χ3n) is 7.46. The molecular weight excluding hydrogens is 557 g/mol. The SMILES string of the molecule is O=C(Nc1cc(F)c(F)c(F)c1)c1ccc(Cl)c(S(=O)(=O)[C@@H]2C3CCC2[C@@](O)(COCc2cccnc2)C3)c1. The van der Waals surface area contributed by atoms with E-state index < -0.39 is 50.0 Å². The summed E-state index contributed by atoms with van der Waals surface area (Å²) in [4.78, 5) is 16.5. The van der Waals surface area contributed by atoms with Crippen LogP contribution in [-0.2, 0) is 21.2 Å². The smallest absolute Gasteiger partial charge is 0.255 e. The Morgan fingerprint density at radius 3 is 2.59 bits per heavy atom. The van der Waals surface area contributed by atoms with Crippen LogP contribution in [0.15, 0.2) is 59.8 Å². The van der Waals surface area contributed by atoms with Crippen LogP contribution in [0.3, 0.4) is 0 Å². The molecule has 5 rings (SSSR count). The van der Waals surface area contributed by atoms with Crippen molar-refractivity contribution in [2.75, 3.05) is 11.9 Å². The number of aromatic nitrogens is 1. The van der Waals surface area contributed by atoms with Crippen molar-refractivity contribution < 1.29 is 36.2 Å². The summed E-state index contributed by atoms with van der Waals surface area (Å²) in [6.07, 6.45) is 4.62. The number of pyridine rings is 1. The second-order valence-corrected chi connectivity index (χ2v) is 12.4. The van der Waals surface area contributed by atoms with E-state index in [2.05, 4.69) is 10.3 Å². The lowest BCUT2D eigenvalue weighted by Crippen LogP contribution is -2.42. The number of halogens is 4. The van der Waals surface area contributed by atoms with Gasteiger partial charge in [0.1, 0.15) is 0 Å². The predicted octanol–water partition coefficient (Wildman–Crippen LogP) is 4.92. The molecule has 2 bridgehead atoms. The number of hydrogen-bond donors (Lipinski definition) is 2. The summed E-state index contributed by atoms with van der Waals surface area (Å²) in [5, 5.41) is 12.6. The molecule has 2 aromatic carbocycles. The molecule has 7 nitrogen and oxygen atoms in total. The maximum Gasteiger partial charge on any atom is 0.255 e. The van der Waals surface area contributed by atoms with Crippen LogP contribution in [0.1, 0.15) is 35.2 Å². The number of carbonyl (C=O) groups excluding carboxylic acids is 1. The van der Waals surface area contributed by atoms with Crippen molar-refractivity contribution in [3.05, 3.63) is 88.5 Å². The summed E-state index contributed by atoms with van der Waals surface area (Å²) in [5.41, 5.74) is -1.01. The molecule has 4 atom stereocenters. The third kappa shape index (κ3) is 5.28. The van der Waals surface area contributed by atoms with Crippen LogP contribution in [0.4, 0.5) is 18.9 Å². The fourth-order valence-electron chi connectivity index (χ4n) is 5.75. The molecule has 2 aliphatic carbocycles. The van der Waals surface area contributed by atoms with Gasteiger partial charge in [-0.1, -0.05) is 17.7 Å². The molecule has 0 saturated heterocycles. The van der Waals surface area contributed by atoms with Crippen molar-refractivity contribution in [3.8, 4) is 0 Å². The molecular formula is C27H24ClF3N2O5S. The van der Waals surface area contributed by atoms with E-state index in [1.807, 2.05) is 6.07 Å². The van der Waals surface area contributed by atoms with Gasteiger partial charge in [0.2, 0.25) is 0 Å². The molecule has 2 saturated carbocycles. The zero-order valence-electron chi connectivity index (χ0n) is 20.4. The number of amides is 1. The van der Waals surface area contributed by atoms with E-state index in [0.29, 0.717) is 25.0 Å². The minimum absolute atomic E-state index is 0.0456. The van der Waals surface area contributed by atoms with E-state index in [9.17, 15) is 31.5 Å². The van der Waals surface area contributed by atoms with Crippen molar-refractivity contribution in [1.29, 1.82) is 0 Å². The van der Waals surface area contributed by atoms with Crippen molar-refractivity contribution in [1.82, 2.24) is 4.98 Å². The molecule has 0 aliphatic heterocycles. The first kappa shape index (κ1) is 27.6. The highest BCUT2D eigenvalue weighted by Gasteiger charge is 2.61. The number of aliphatic hydroxyl groups is 1. The minimum atomic E-state index is -4.11. The lowest BCUT2D eigenvalue weighted by Gasteiger charge is -2.32. The molecule has 1 aromatic heterocycles. The number of ether oxygens (including phenoxy) is 1. The van der Waals surface area contributed by atoms with Crippen molar-refractivity contribution >= 4 is 33.0 Å². The first-order valence-corrected chi connectivity index (χ1v) is 14.1. The molecule has 1 amide bonds. The highest BCUT2D eigenvalue weighted by molar-refractivity contribution is 7.92. The number of anilines is 1. The third-order valence-corrected chi connectivity index (χ3v) is 10.3. The average molecular weight is 581 g/mol. The fourth-order valence-corrected chi connectivity index (χ4v) is 8.68. The van der Waals surface area contributed by atoms with E-state index in [1.165, 1.54) is 12.1 Å². The standard InChI is InChI=1S/C27H24ClF3N2O5S/c28-20-6-4-16(26(34)33-18-9-21(29)24(31)22(30)10-18)8-23(20)39(36,37)25-17-3-5-19(25)27(35,11-17)14-38-13-15-2-1-7-32-12-15/h1-2,4,6-10,12,17,19,25,35H,3,5,11,13-14H2,(H,33,34)/t17?,19?,25-,27+/m1/s1. The number of hydrogen-bond acceptors (Lipinski definition) is 6. The topological polar surface area (TPSA) is 106 Å². The summed E-state index contributed by atoms with van der Waals surface area (Å²) < 4.78 is 73.8. The van der Waals surface area contributed by atoms with E-state index in [4.69, 9.17) is 16.3 Å². The Morgan fingerprint density at radius 2 is 1.90 bits per heavy atom. The molecule has 3 aromatic rings. The van der Waals surface area contributed by atoms with Gasteiger partial charge in [0.25, 0.3) is 5.91 Å². The number of sulfone groups is 1. The van der Waals surface area contributed by atoms with Crippen LogP contribution < -0.4 is 5.32 Å². The van der Waals surface area contributed by atoms with Crippen LogP contribution >= 0.6 is 11.6 Å². The lowest BCUT2D eigenvalue weighted by molar-refractivity contribution is -0.0847. The fraction of sp³-hybridized carbons (Fsp3) is 0.333. The zero-order valence-corrected chi connectivity index (χ0v) is 22.0. The summed E-state index contributed by atoms with van der Waals surface area (Å²) in [7, 11) is -4.11. The highest BCUT2D eigenvalue weighted by Crippen LogP contribution is 2.55. The molecule has 2 fully saturated rings. The quantitative estimate of drug-likeness (QED) is 0.366. The van der Waals surface area contributed by atoms with Gasteiger partial charge in [-0.3, -0.25) is 9.78 Å². The lowest BCUT2D eigenvalue weighted by atomic mass is 9.85. The van der Waals surface area contributed by atoms with Crippen LogP contribution in [0.5, 0.6) is 0 Å². The summed E-state index contributed by atoms with van der Waals surface area (Å²) in [6, 6.07) is 8.42. The first-order valence-electron chi connectivity index (χ1n) is 12.2. The number of rotatable bonds is 8. The maximum atomic E-state index is 13.8. The van der Waals surface area contributed by atoms with Gasteiger partial charge in [0.05, 0.1) is 34.0 Å². The second kappa shape index (κ2) is 10.5. The monoisotopic (exact) mass is 580 g/mol. The Kier molecular flexibility index (Phi) is 7.45. The minimum Gasteiger partial charge on any atom is -0.387 e. The molecule has 0 spiro atoms. The van der Waals surface area contributed by atoms with Gasteiger partial charge in [0.15, 0.2) is 27.3 Å². The van der Waals surface area contributed by atoms with Gasteiger partial charge < -0.3 is 15.2 Å². The number of nitrogens with zero attached hydrogens (tertiary/aromatic N) is 1.